The van der Waals surface area contributed by atoms with Crippen LogP contribution in [0.3, 0.4) is 0 Å². The number of nitrogens with one attached hydrogen (secondary N) is 2. The normalized spacial score (nSPS) is 13.8. The number of anilines is 1. The van der Waals surface area contributed by atoms with Crippen LogP contribution in [0.2, 0.25) is 5.02 Å². The van der Waals surface area contributed by atoms with Crippen LogP contribution < -0.4 is 20.1 Å². The zero-order chi connectivity index (χ0) is 28.1. The lowest BCUT2D eigenvalue weighted by Gasteiger charge is -2.14. The van der Waals surface area contributed by atoms with Gasteiger partial charge in [0.25, 0.3) is 11.8 Å². The van der Waals surface area contributed by atoms with Crippen molar-refractivity contribution in [1.82, 2.24) is 10.2 Å². The number of furan rings is 1. The number of esters is 1. The molecule has 11 nitrogen and oxygen atoms in total. The van der Waals surface area contributed by atoms with E-state index in [0.717, 1.165) is 10.5 Å². The lowest BCUT2D eigenvalue weighted by Crippen LogP contribution is -2.30. The minimum Gasteiger partial charge on any atom is -0.493 e. The summed E-state index contributed by atoms with van der Waals surface area (Å²) in [7, 11) is 2.61. The van der Waals surface area contributed by atoms with Gasteiger partial charge in [0, 0.05) is 5.69 Å². The number of aryl methyl sites for hydroxylation is 1. The summed E-state index contributed by atoms with van der Waals surface area (Å²) in [4.78, 5) is 50.2. The van der Waals surface area contributed by atoms with Crippen molar-refractivity contribution in [2.45, 2.75) is 13.5 Å². The molecule has 0 spiro atoms. The SMILES string of the molecule is COC(=O)c1ccc(CN2C(=O)N/C(=C\c3cc(Cl)c(OCC(=O)Nc4ccccc4C)c(OC)c3)C2=O)o1. The Morgan fingerprint density at radius 1 is 1.13 bits per heavy atom. The summed E-state index contributed by atoms with van der Waals surface area (Å²) in [5.74, 6) is -1.14. The summed E-state index contributed by atoms with van der Waals surface area (Å²) in [5, 5.41) is 5.40. The molecule has 12 heteroatoms. The van der Waals surface area contributed by atoms with Crippen molar-refractivity contribution in [3.63, 3.8) is 0 Å². The van der Waals surface area contributed by atoms with Crippen molar-refractivity contribution in [3.8, 4) is 11.5 Å². The molecule has 0 saturated carbocycles. The number of carbonyl (C=O) groups is 4. The first-order valence-corrected chi connectivity index (χ1v) is 11.9. The highest BCUT2D eigenvalue weighted by Gasteiger charge is 2.34. The minimum atomic E-state index is -0.677. The van der Waals surface area contributed by atoms with Crippen LogP contribution in [0, 0.1) is 6.92 Å². The number of amides is 4. The second-order valence-corrected chi connectivity index (χ2v) is 8.73. The summed E-state index contributed by atoms with van der Waals surface area (Å²) >= 11 is 6.41. The number of imide groups is 1. The number of ether oxygens (including phenoxy) is 3. The fourth-order valence-corrected chi connectivity index (χ4v) is 3.98. The van der Waals surface area contributed by atoms with Crippen LogP contribution >= 0.6 is 11.6 Å². The maximum atomic E-state index is 12.9. The molecule has 202 valence electrons. The quantitative estimate of drug-likeness (QED) is 0.229. The van der Waals surface area contributed by atoms with E-state index in [1.54, 1.807) is 12.1 Å². The zero-order valence-electron chi connectivity index (χ0n) is 21.2. The number of urea groups is 1. The topological polar surface area (TPSA) is 136 Å². The Morgan fingerprint density at radius 2 is 1.90 bits per heavy atom. The van der Waals surface area contributed by atoms with Crippen molar-refractivity contribution >= 4 is 47.2 Å². The number of rotatable bonds is 9. The van der Waals surface area contributed by atoms with Gasteiger partial charge in [-0.2, -0.15) is 0 Å². The van der Waals surface area contributed by atoms with E-state index in [1.165, 1.54) is 38.5 Å². The summed E-state index contributed by atoms with van der Waals surface area (Å²) in [6, 6.07) is 12.6. The summed E-state index contributed by atoms with van der Waals surface area (Å²) in [6.07, 6.45) is 1.42. The first kappa shape index (κ1) is 27.3. The van der Waals surface area contributed by atoms with Gasteiger partial charge in [0.2, 0.25) is 5.76 Å². The molecule has 4 rings (SSSR count). The zero-order valence-corrected chi connectivity index (χ0v) is 22.0. The first-order chi connectivity index (χ1) is 18.7. The molecule has 1 saturated heterocycles. The van der Waals surface area contributed by atoms with Crippen LogP contribution in [-0.2, 0) is 20.9 Å². The monoisotopic (exact) mass is 553 g/mol. The van der Waals surface area contributed by atoms with Crippen LogP contribution in [0.1, 0.15) is 27.4 Å². The minimum absolute atomic E-state index is 0.0101. The van der Waals surface area contributed by atoms with Gasteiger partial charge in [0.1, 0.15) is 11.5 Å². The molecule has 0 bridgehead atoms. The second kappa shape index (κ2) is 11.7. The average Bonchev–Trinajstić information content (AvgIpc) is 3.49. The third-order valence-corrected chi connectivity index (χ3v) is 5.93. The highest BCUT2D eigenvalue weighted by Crippen LogP contribution is 2.37. The molecule has 1 aromatic heterocycles. The molecule has 4 amide bonds. The van der Waals surface area contributed by atoms with Gasteiger partial charge in [-0.15, -0.1) is 0 Å². The van der Waals surface area contributed by atoms with Crippen molar-refractivity contribution in [2.24, 2.45) is 0 Å². The molecule has 1 aliphatic heterocycles. The number of nitrogens with zero attached hydrogens (tertiary/aromatic N) is 1. The molecule has 0 unspecified atom stereocenters. The third kappa shape index (κ3) is 6.21. The number of hydrogen-bond donors (Lipinski definition) is 2. The number of carbonyl (C=O) groups excluding carboxylic acids is 4. The summed E-state index contributed by atoms with van der Waals surface area (Å²) in [5.41, 5.74) is 2.00. The van der Waals surface area contributed by atoms with Crippen molar-refractivity contribution in [3.05, 3.63) is 81.9 Å². The molecule has 2 aromatic carbocycles. The highest BCUT2D eigenvalue weighted by atomic mass is 35.5. The summed E-state index contributed by atoms with van der Waals surface area (Å²) < 4.78 is 20.9. The van der Waals surface area contributed by atoms with Crippen LogP contribution in [0.4, 0.5) is 10.5 Å². The van der Waals surface area contributed by atoms with Gasteiger partial charge in [-0.3, -0.25) is 14.5 Å². The van der Waals surface area contributed by atoms with E-state index in [-0.39, 0.29) is 52.8 Å². The van der Waals surface area contributed by atoms with Gasteiger partial charge in [-0.05, 0) is 54.5 Å². The predicted molar refractivity (Wildman–Crippen MR) is 140 cm³/mol. The smallest absolute Gasteiger partial charge is 0.373 e. The Bertz CT molecular complexity index is 1480. The van der Waals surface area contributed by atoms with Gasteiger partial charge in [0.15, 0.2) is 18.1 Å². The van der Waals surface area contributed by atoms with Crippen LogP contribution in [-0.4, -0.2) is 49.5 Å². The Morgan fingerprint density at radius 3 is 2.62 bits per heavy atom. The van der Waals surface area contributed by atoms with Crippen molar-refractivity contribution in [2.75, 3.05) is 26.1 Å². The number of para-hydroxylation sites is 1. The first-order valence-electron chi connectivity index (χ1n) is 11.6. The van der Waals surface area contributed by atoms with E-state index in [0.29, 0.717) is 11.3 Å². The number of halogens is 1. The molecule has 3 aromatic rings. The molecule has 1 aliphatic rings. The molecular weight excluding hydrogens is 530 g/mol. The molecule has 0 aliphatic carbocycles. The molecular formula is C27H24ClN3O8. The van der Waals surface area contributed by atoms with E-state index in [4.69, 9.17) is 25.5 Å². The maximum absolute atomic E-state index is 12.9. The Kier molecular flexibility index (Phi) is 8.21. The van der Waals surface area contributed by atoms with Crippen LogP contribution in [0.5, 0.6) is 11.5 Å². The Hall–Kier alpha value is -4.77. The van der Waals surface area contributed by atoms with E-state index in [2.05, 4.69) is 15.4 Å². The molecule has 0 radical (unpaired) electrons. The summed E-state index contributed by atoms with van der Waals surface area (Å²) in [6.45, 7) is 1.36. The van der Waals surface area contributed by atoms with E-state index in [9.17, 15) is 19.2 Å². The third-order valence-electron chi connectivity index (χ3n) is 5.65. The standard InChI is InChI=1S/C27H24ClN3O8/c1-15-6-4-5-7-19(15)29-23(32)14-38-24-18(28)10-16(12-22(24)36-2)11-20-25(33)31(27(35)30-20)13-17-8-9-21(39-17)26(34)37-3/h4-12H,13-14H2,1-3H3,(H,29,32)(H,30,35)/b20-11-. The van der Waals surface area contributed by atoms with Gasteiger partial charge >= 0.3 is 12.0 Å². The fraction of sp³-hybridized carbons (Fsp3) is 0.185. The molecule has 39 heavy (non-hydrogen) atoms. The molecule has 2 heterocycles. The Labute approximate surface area is 228 Å². The second-order valence-electron chi connectivity index (χ2n) is 8.32. The highest BCUT2D eigenvalue weighted by molar-refractivity contribution is 6.32. The van der Waals surface area contributed by atoms with Crippen molar-refractivity contribution < 1.29 is 37.8 Å². The maximum Gasteiger partial charge on any atom is 0.373 e. The molecule has 1 fully saturated rings. The van der Waals surface area contributed by atoms with E-state index < -0.39 is 17.9 Å². The number of benzene rings is 2. The van der Waals surface area contributed by atoms with Gasteiger partial charge in [-0.1, -0.05) is 29.8 Å². The largest absolute Gasteiger partial charge is 0.493 e. The van der Waals surface area contributed by atoms with Gasteiger partial charge in [-0.25, -0.2) is 9.59 Å². The fourth-order valence-electron chi connectivity index (χ4n) is 3.71. The Balaban J connectivity index is 1.46. The average molecular weight is 554 g/mol. The lowest BCUT2D eigenvalue weighted by atomic mass is 10.1. The lowest BCUT2D eigenvalue weighted by molar-refractivity contribution is -0.123. The predicted octanol–water partition coefficient (Wildman–Crippen LogP) is 4.15. The van der Waals surface area contributed by atoms with Crippen LogP contribution in [0.25, 0.3) is 6.08 Å². The number of hydrogen-bond acceptors (Lipinski definition) is 8. The van der Waals surface area contributed by atoms with Gasteiger partial charge in [0.05, 0.1) is 25.8 Å². The van der Waals surface area contributed by atoms with Crippen molar-refractivity contribution in [1.29, 1.82) is 0 Å². The van der Waals surface area contributed by atoms with Crippen LogP contribution in [0.15, 0.2) is 58.6 Å². The number of methoxy groups -OCH3 is 2. The molecule has 2 N–H and O–H groups in total. The molecule has 0 atom stereocenters. The van der Waals surface area contributed by atoms with E-state index >= 15 is 0 Å². The van der Waals surface area contributed by atoms with E-state index in [1.807, 2.05) is 25.1 Å². The van der Waals surface area contributed by atoms with Gasteiger partial charge < -0.3 is 29.3 Å².